The minimum absolute atomic E-state index is 0.0619. The number of carboxylic acids is 1. The number of nitro benzene ring substituents is 1. The summed E-state index contributed by atoms with van der Waals surface area (Å²) in [6.07, 6.45) is 5.42. The quantitative estimate of drug-likeness (QED) is 0.661. The molecule has 1 aromatic rings. The minimum Gasteiger partial charge on any atom is -0.490 e. The first-order chi connectivity index (χ1) is 10.0. The molecular formula is C15H19NO5. The van der Waals surface area contributed by atoms with Gasteiger partial charge in [0.1, 0.15) is 17.4 Å². The number of aromatic carboxylic acids is 1. The van der Waals surface area contributed by atoms with Gasteiger partial charge in [-0.25, -0.2) is 4.79 Å². The Morgan fingerprint density at radius 1 is 1.43 bits per heavy atom. The third-order valence-electron chi connectivity index (χ3n) is 4.05. The van der Waals surface area contributed by atoms with Gasteiger partial charge in [0, 0.05) is 12.1 Å². The molecule has 1 aromatic carbocycles. The van der Waals surface area contributed by atoms with Crippen LogP contribution in [-0.4, -0.2) is 22.1 Å². The third kappa shape index (κ3) is 3.51. The zero-order chi connectivity index (χ0) is 15.4. The third-order valence-corrected chi connectivity index (χ3v) is 4.05. The van der Waals surface area contributed by atoms with Crippen LogP contribution >= 0.6 is 0 Å². The standard InChI is InChI=1S/C15H19NO5/c1-2-10-5-3-4-6-14(10)21-11-7-8-13(16(19)20)12(9-11)15(17)18/h7-10,14H,2-6H2,1H3,(H,17,18). The Balaban J connectivity index is 2.22. The number of hydrogen-bond donors (Lipinski definition) is 1. The SMILES string of the molecule is CCC1CCCCC1Oc1ccc([N+](=O)[O-])c(C(=O)O)c1. The molecule has 1 fully saturated rings. The van der Waals surface area contributed by atoms with E-state index in [9.17, 15) is 14.9 Å². The van der Waals surface area contributed by atoms with Gasteiger partial charge in [0.05, 0.1) is 4.92 Å². The van der Waals surface area contributed by atoms with Crippen molar-refractivity contribution in [2.45, 2.75) is 45.1 Å². The summed E-state index contributed by atoms with van der Waals surface area (Å²) in [5.74, 6) is -0.464. The first kappa shape index (κ1) is 15.3. The molecule has 2 rings (SSSR count). The number of rotatable bonds is 5. The lowest BCUT2D eigenvalue weighted by atomic mass is 9.85. The van der Waals surface area contributed by atoms with Crippen molar-refractivity contribution in [3.05, 3.63) is 33.9 Å². The van der Waals surface area contributed by atoms with E-state index in [-0.39, 0.29) is 11.7 Å². The minimum atomic E-state index is -1.32. The molecular weight excluding hydrogens is 274 g/mol. The topological polar surface area (TPSA) is 89.7 Å². The highest BCUT2D eigenvalue weighted by atomic mass is 16.6. The Kier molecular flexibility index (Phi) is 4.77. The number of carbonyl (C=O) groups is 1. The number of ether oxygens (including phenoxy) is 1. The van der Waals surface area contributed by atoms with E-state index >= 15 is 0 Å². The second-order valence-electron chi connectivity index (χ2n) is 5.35. The molecule has 0 aromatic heterocycles. The molecule has 6 nitrogen and oxygen atoms in total. The summed E-state index contributed by atoms with van der Waals surface area (Å²) in [5.41, 5.74) is -0.744. The van der Waals surface area contributed by atoms with Crippen LogP contribution in [0.1, 0.15) is 49.4 Å². The van der Waals surface area contributed by atoms with Crippen LogP contribution in [0, 0.1) is 16.0 Å². The van der Waals surface area contributed by atoms with Gasteiger partial charge in [0.15, 0.2) is 0 Å². The molecule has 2 atom stereocenters. The second kappa shape index (κ2) is 6.56. The maximum absolute atomic E-state index is 11.1. The van der Waals surface area contributed by atoms with Crippen molar-refractivity contribution in [2.75, 3.05) is 0 Å². The second-order valence-corrected chi connectivity index (χ2v) is 5.35. The number of nitro groups is 1. The highest BCUT2D eigenvalue weighted by Gasteiger charge is 2.26. The van der Waals surface area contributed by atoms with E-state index in [0.29, 0.717) is 11.7 Å². The molecule has 0 saturated heterocycles. The number of benzene rings is 1. The monoisotopic (exact) mass is 293 g/mol. The maximum Gasteiger partial charge on any atom is 0.342 e. The average molecular weight is 293 g/mol. The van der Waals surface area contributed by atoms with Gasteiger partial charge in [0.2, 0.25) is 0 Å². The van der Waals surface area contributed by atoms with E-state index in [1.165, 1.54) is 24.6 Å². The lowest BCUT2D eigenvalue weighted by Gasteiger charge is -2.31. The van der Waals surface area contributed by atoms with E-state index < -0.39 is 16.6 Å². The van der Waals surface area contributed by atoms with Gasteiger partial charge in [0.25, 0.3) is 5.69 Å². The molecule has 2 unspecified atom stereocenters. The number of nitrogens with zero attached hydrogens (tertiary/aromatic N) is 1. The smallest absolute Gasteiger partial charge is 0.342 e. The van der Waals surface area contributed by atoms with Crippen LogP contribution in [0.5, 0.6) is 5.75 Å². The van der Waals surface area contributed by atoms with Crippen LogP contribution in [0.2, 0.25) is 0 Å². The largest absolute Gasteiger partial charge is 0.490 e. The summed E-state index contributed by atoms with van der Waals surface area (Å²) >= 11 is 0. The van der Waals surface area contributed by atoms with Crippen LogP contribution in [0.25, 0.3) is 0 Å². The van der Waals surface area contributed by atoms with Crippen molar-refractivity contribution in [1.29, 1.82) is 0 Å². The zero-order valence-electron chi connectivity index (χ0n) is 11.9. The number of carboxylic acid groups (broad SMARTS) is 1. The Morgan fingerprint density at radius 3 is 2.76 bits per heavy atom. The van der Waals surface area contributed by atoms with Gasteiger partial charge in [-0.3, -0.25) is 10.1 Å². The van der Waals surface area contributed by atoms with Gasteiger partial charge in [-0.15, -0.1) is 0 Å². The van der Waals surface area contributed by atoms with E-state index in [4.69, 9.17) is 9.84 Å². The van der Waals surface area contributed by atoms with Gasteiger partial charge in [-0.1, -0.05) is 13.3 Å². The van der Waals surface area contributed by atoms with Crippen molar-refractivity contribution >= 4 is 11.7 Å². The normalized spacial score (nSPS) is 21.8. The molecule has 0 heterocycles. The van der Waals surface area contributed by atoms with Gasteiger partial charge >= 0.3 is 5.97 Å². The Morgan fingerprint density at radius 2 is 2.14 bits per heavy atom. The average Bonchev–Trinajstić information content (AvgIpc) is 2.47. The molecule has 0 amide bonds. The number of hydrogen-bond acceptors (Lipinski definition) is 4. The highest BCUT2D eigenvalue weighted by molar-refractivity contribution is 5.92. The van der Waals surface area contributed by atoms with Crippen molar-refractivity contribution in [3.8, 4) is 5.75 Å². The summed E-state index contributed by atoms with van der Waals surface area (Å²) in [4.78, 5) is 21.3. The maximum atomic E-state index is 11.1. The van der Waals surface area contributed by atoms with Crippen molar-refractivity contribution in [2.24, 2.45) is 5.92 Å². The predicted octanol–water partition coefficient (Wildman–Crippen LogP) is 3.64. The Bertz CT molecular complexity index is 543. The van der Waals surface area contributed by atoms with Crippen LogP contribution in [0.3, 0.4) is 0 Å². The van der Waals surface area contributed by atoms with E-state index in [0.717, 1.165) is 25.7 Å². The van der Waals surface area contributed by atoms with Crippen molar-refractivity contribution in [1.82, 2.24) is 0 Å². The molecule has 1 aliphatic rings. The molecule has 6 heteroatoms. The molecule has 0 bridgehead atoms. The summed E-state index contributed by atoms with van der Waals surface area (Å²) in [6.45, 7) is 2.12. The van der Waals surface area contributed by atoms with E-state index in [2.05, 4.69) is 6.92 Å². The van der Waals surface area contributed by atoms with Crippen LogP contribution in [0.4, 0.5) is 5.69 Å². The fourth-order valence-corrected chi connectivity index (χ4v) is 2.89. The van der Waals surface area contributed by atoms with Gasteiger partial charge in [-0.05, 0) is 37.7 Å². The first-order valence-electron chi connectivity index (χ1n) is 7.21. The van der Waals surface area contributed by atoms with Gasteiger partial charge in [-0.2, -0.15) is 0 Å². The van der Waals surface area contributed by atoms with Crippen molar-refractivity contribution < 1.29 is 19.6 Å². The molecule has 114 valence electrons. The van der Waals surface area contributed by atoms with E-state index in [1.54, 1.807) is 0 Å². The van der Waals surface area contributed by atoms with Crippen LogP contribution in [-0.2, 0) is 0 Å². The molecule has 1 saturated carbocycles. The molecule has 21 heavy (non-hydrogen) atoms. The summed E-state index contributed by atoms with van der Waals surface area (Å²) in [5, 5.41) is 19.9. The molecule has 1 N–H and O–H groups in total. The lowest BCUT2D eigenvalue weighted by molar-refractivity contribution is -0.385. The summed E-state index contributed by atoms with van der Waals surface area (Å²) in [7, 11) is 0. The molecule has 0 aliphatic heterocycles. The van der Waals surface area contributed by atoms with Crippen molar-refractivity contribution in [3.63, 3.8) is 0 Å². The zero-order valence-corrected chi connectivity index (χ0v) is 11.9. The van der Waals surface area contributed by atoms with Crippen LogP contribution in [0.15, 0.2) is 18.2 Å². The Hall–Kier alpha value is -2.11. The Labute approximate surface area is 122 Å². The van der Waals surface area contributed by atoms with Crippen LogP contribution < -0.4 is 4.74 Å². The first-order valence-corrected chi connectivity index (χ1v) is 7.21. The highest BCUT2D eigenvalue weighted by Crippen LogP contribution is 2.32. The van der Waals surface area contributed by atoms with E-state index in [1.807, 2.05) is 0 Å². The fourth-order valence-electron chi connectivity index (χ4n) is 2.89. The van der Waals surface area contributed by atoms with Gasteiger partial charge < -0.3 is 9.84 Å². The lowest BCUT2D eigenvalue weighted by Crippen LogP contribution is -2.29. The molecule has 0 spiro atoms. The molecule has 1 aliphatic carbocycles. The summed E-state index contributed by atoms with van der Waals surface area (Å²) in [6, 6.07) is 3.93. The predicted molar refractivity (Wildman–Crippen MR) is 76.7 cm³/mol. The molecule has 0 radical (unpaired) electrons. The fraction of sp³-hybridized carbons (Fsp3) is 0.533. The summed E-state index contributed by atoms with van der Waals surface area (Å²) < 4.78 is 5.90.